The normalized spacial score (nSPS) is 9.86. The van der Waals surface area contributed by atoms with Gasteiger partial charge in [0.2, 0.25) is 5.91 Å². The second kappa shape index (κ2) is 3.95. The summed E-state index contributed by atoms with van der Waals surface area (Å²) in [6.07, 6.45) is 0. The van der Waals surface area contributed by atoms with Gasteiger partial charge in [0.1, 0.15) is 5.82 Å². The maximum Gasteiger partial charge on any atom is 0.236 e. The van der Waals surface area contributed by atoms with Gasteiger partial charge < -0.3 is 16.4 Å². The summed E-state index contributed by atoms with van der Waals surface area (Å²) in [5.41, 5.74) is 12.1. The number of pyridine rings is 1. The van der Waals surface area contributed by atoms with E-state index < -0.39 is 0 Å². The van der Waals surface area contributed by atoms with Crippen LogP contribution in [0, 0.1) is 6.92 Å². The van der Waals surface area contributed by atoms with Gasteiger partial charge in [0.15, 0.2) is 0 Å². The van der Waals surface area contributed by atoms with E-state index in [-0.39, 0.29) is 12.5 Å². The molecule has 0 spiro atoms. The Morgan fingerprint density at radius 2 is 2.21 bits per heavy atom. The molecule has 0 atom stereocenters. The summed E-state index contributed by atoms with van der Waals surface area (Å²) in [6, 6.07) is 3.51. The number of nitrogen functional groups attached to an aromatic ring is 1. The van der Waals surface area contributed by atoms with Gasteiger partial charge in [-0.3, -0.25) is 4.79 Å². The SMILES string of the molecule is Cc1nc(N(C)CC(N)=O)ccc1N. The molecule has 1 heterocycles. The van der Waals surface area contributed by atoms with E-state index in [1.165, 1.54) is 0 Å². The molecule has 0 unspecified atom stereocenters. The number of amides is 1. The van der Waals surface area contributed by atoms with Crippen LogP contribution in [0.2, 0.25) is 0 Å². The number of carbonyl (C=O) groups is 1. The molecule has 0 aliphatic heterocycles. The zero-order chi connectivity index (χ0) is 10.7. The van der Waals surface area contributed by atoms with E-state index in [9.17, 15) is 4.79 Å². The lowest BCUT2D eigenvalue weighted by molar-refractivity contribution is -0.116. The average Bonchev–Trinajstić information content (AvgIpc) is 2.08. The zero-order valence-corrected chi connectivity index (χ0v) is 8.32. The Hall–Kier alpha value is -1.78. The lowest BCUT2D eigenvalue weighted by Crippen LogP contribution is -2.31. The third-order valence-electron chi connectivity index (χ3n) is 1.90. The van der Waals surface area contributed by atoms with E-state index in [0.717, 1.165) is 5.69 Å². The summed E-state index contributed by atoms with van der Waals surface area (Å²) < 4.78 is 0. The van der Waals surface area contributed by atoms with Crippen molar-refractivity contribution in [3.05, 3.63) is 17.8 Å². The molecule has 4 N–H and O–H groups in total. The predicted molar refractivity (Wildman–Crippen MR) is 55.9 cm³/mol. The molecule has 0 saturated heterocycles. The predicted octanol–water partition coefficient (Wildman–Crippen LogP) is -0.106. The van der Waals surface area contributed by atoms with Gasteiger partial charge in [-0.2, -0.15) is 0 Å². The molecule has 0 fully saturated rings. The third-order valence-corrected chi connectivity index (χ3v) is 1.90. The van der Waals surface area contributed by atoms with Crippen molar-refractivity contribution in [2.75, 3.05) is 24.2 Å². The Bertz CT molecular complexity index is 351. The lowest BCUT2D eigenvalue weighted by atomic mass is 10.3. The summed E-state index contributed by atoms with van der Waals surface area (Å²) in [7, 11) is 1.75. The summed E-state index contributed by atoms with van der Waals surface area (Å²) in [4.78, 5) is 16.6. The first-order valence-electron chi connectivity index (χ1n) is 4.23. The van der Waals surface area contributed by atoms with Crippen molar-refractivity contribution < 1.29 is 4.79 Å². The van der Waals surface area contributed by atoms with Gasteiger partial charge in [-0.15, -0.1) is 0 Å². The van der Waals surface area contributed by atoms with Crippen LogP contribution < -0.4 is 16.4 Å². The molecule has 76 valence electrons. The number of aromatic nitrogens is 1. The van der Waals surface area contributed by atoms with Crippen LogP contribution >= 0.6 is 0 Å². The minimum Gasteiger partial charge on any atom is -0.397 e. The van der Waals surface area contributed by atoms with Crippen LogP contribution in [0.15, 0.2) is 12.1 Å². The van der Waals surface area contributed by atoms with Crippen molar-refractivity contribution in [3.63, 3.8) is 0 Å². The standard InChI is InChI=1S/C9H14N4O/c1-6-7(10)3-4-9(12-6)13(2)5-8(11)14/h3-4H,5,10H2,1-2H3,(H2,11,14). The first-order valence-corrected chi connectivity index (χ1v) is 4.23. The molecule has 1 rings (SSSR count). The number of carbonyl (C=O) groups excluding carboxylic acids is 1. The molecule has 0 aromatic carbocycles. The number of anilines is 2. The first kappa shape index (κ1) is 10.3. The minimum atomic E-state index is -0.385. The Labute approximate surface area is 82.7 Å². The quantitative estimate of drug-likeness (QED) is 0.703. The molecular formula is C9H14N4O. The largest absolute Gasteiger partial charge is 0.397 e. The van der Waals surface area contributed by atoms with Crippen LogP contribution in [-0.2, 0) is 4.79 Å². The summed E-state index contributed by atoms with van der Waals surface area (Å²) in [5, 5.41) is 0. The van der Waals surface area contributed by atoms with E-state index in [1.807, 2.05) is 6.92 Å². The number of rotatable bonds is 3. The molecule has 14 heavy (non-hydrogen) atoms. The highest BCUT2D eigenvalue weighted by molar-refractivity contribution is 5.79. The van der Waals surface area contributed by atoms with Gasteiger partial charge in [-0.1, -0.05) is 0 Å². The second-order valence-electron chi connectivity index (χ2n) is 3.17. The Morgan fingerprint density at radius 3 is 2.71 bits per heavy atom. The van der Waals surface area contributed by atoms with Gasteiger partial charge in [0, 0.05) is 7.05 Å². The van der Waals surface area contributed by atoms with E-state index in [0.29, 0.717) is 11.5 Å². The minimum absolute atomic E-state index is 0.149. The van der Waals surface area contributed by atoms with Gasteiger partial charge in [-0.05, 0) is 19.1 Å². The van der Waals surface area contributed by atoms with Crippen LogP contribution in [0.25, 0.3) is 0 Å². The third kappa shape index (κ3) is 2.35. The van der Waals surface area contributed by atoms with Crippen molar-refractivity contribution in [1.82, 2.24) is 4.98 Å². The summed E-state index contributed by atoms with van der Waals surface area (Å²) in [5.74, 6) is 0.305. The monoisotopic (exact) mass is 194 g/mol. The number of hydrogen-bond donors (Lipinski definition) is 2. The number of nitrogens with zero attached hydrogens (tertiary/aromatic N) is 2. The van der Waals surface area contributed by atoms with Gasteiger partial charge in [-0.25, -0.2) is 4.98 Å². The lowest BCUT2D eigenvalue weighted by Gasteiger charge is -2.16. The van der Waals surface area contributed by atoms with Crippen molar-refractivity contribution in [2.24, 2.45) is 5.73 Å². The molecule has 0 radical (unpaired) electrons. The average molecular weight is 194 g/mol. The van der Waals surface area contributed by atoms with Gasteiger partial charge in [0.05, 0.1) is 17.9 Å². The van der Waals surface area contributed by atoms with Gasteiger partial charge in [0.25, 0.3) is 0 Å². The van der Waals surface area contributed by atoms with Crippen LogP contribution in [-0.4, -0.2) is 24.5 Å². The molecule has 0 aliphatic rings. The molecule has 1 aromatic heterocycles. The second-order valence-corrected chi connectivity index (χ2v) is 3.17. The smallest absolute Gasteiger partial charge is 0.236 e. The number of hydrogen-bond acceptors (Lipinski definition) is 4. The fraction of sp³-hybridized carbons (Fsp3) is 0.333. The van der Waals surface area contributed by atoms with Crippen molar-refractivity contribution >= 4 is 17.4 Å². The summed E-state index contributed by atoms with van der Waals surface area (Å²) in [6.45, 7) is 1.97. The highest BCUT2D eigenvalue weighted by Crippen LogP contribution is 2.14. The molecule has 0 saturated carbocycles. The Kier molecular flexibility index (Phi) is 2.91. The fourth-order valence-electron chi connectivity index (χ4n) is 1.09. The number of likely N-dealkylation sites (N-methyl/N-ethyl adjacent to an activating group) is 1. The number of nitrogens with two attached hydrogens (primary N) is 2. The topological polar surface area (TPSA) is 85.2 Å². The van der Waals surface area contributed by atoms with Crippen LogP contribution in [0.3, 0.4) is 0 Å². The number of aryl methyl sites for hydroxylation is 1. The molecule has 0 aliphatic carbocycles. The van der Waals surface area contributed by atoms with E-state index in [1.54, 1.807) is 24.1 Å². The molecule has 5 heteroatoms. The molecule has 1 amide bonds. The number of primary amides is 1. The van der Waals surface area contributed by atoms with E-state index in [4.69, 9.17) is 11.5 Å². The highest BCUT2D eigenvalue weighted by Gasteiger charge is 2.06. The molecule has 1 aromatic rings. The van der Waals surface area contributed by atoms with E-state index in [2.05, 4.69) is 4.98 Å². The van der Waals surface area contributed by atoms with Crippen molar-refractivity contribution in [3.8, 4) is 0 Å². The molecular weight excluding hydrogens is 180 g/mol. The zero-order valence-electron chi connectivity index (χ0n) is 8.32. The maximum atomic E-state index is 10.7. The van der Waals surface area contributed by atoms with Crippen molar-refractivity contribution in [1.29, 1.82) is 0 Å². The van der Waals surface area contributed by atoms with Crippen LogP contribution in [0.4, 0.5) is 11.5 Å². The van der Waals surface area contributed by atoms with Crippen LogP contribution in [0.5, 0.6) is 0 Å². The Balaban J connectivity index is 2.85. The van der Waals surface area contributed by atoms with Crippen molar-refractivity contribution in [2.45, 2.75) is 6.92 Å². The highest BCUT2D eigenvalue weighted by atomic mass is 16.1. The maximum absolute atomic E-state index is 10.7. The first-order chi connectivity index (χ1) is 6.50. The van der Waals surface area contributed by atoms with E-state index >= 15 is 0 Å². The molecule has 0 bridgehead atoms. The molecule has 5 nitrogen and oxygen atoms in total. The van der Waals surface area contributed by atoms with Crippen LogP contribution in [0.1, 0.15) is 5.69 Å². The Morgan fingerprint density at radius 1 is 1.57 bits per heavy atom. The van der Waals surface area contributed by atoms with Gasteiger partial charge >= 0.3 is 0 Å². The summed E-state index contributed by atoms with van der Waals surface area (Å²) >= 11 is 0. The fourth-order valence-corrected chi connectivity index (χ4v) is 1.09.